The van der Waals surface area contributed by atoms with E-state index in [1.807, 2.05) is 0 Å². The molecule has 0 atom stereocenters. The number of methoxy groups -OCH3 is 2. The molecule has 100 valence electrons. The zero-order valence-corrected chi connectivity index (χ0v) is 11.0. The molecule has 0 aliphatic carbocycles. The highest BCUT2D eigenvalue weighted by atomic mass is 16.5. The molecule has 19 heavy (non-hydrogen) atoms. The molecule has 0 saturated carbocycles. The molecule has 1 amide bonds. The minimum absolute atomic E-state index is 0.241. The number of amides is 1. The van der Waals surface area contributed by atoms with Gasteiger partial charge in [0.2, 0.25) is 0 Å². The monoisotopic (exact) mass is 261 g/mol. The highest BCUT2D eigenvalue weighted by molar-refractivity contribution is 6.05. The van der Waals surface area contributed by atoms with Crippen LogP contribution < -0.4 is 14.8 Å². The lowest BCUT2D eigenvalue weighted by Gasteiger charge is -2.11. The Morgan fingerprint density at radius 1 is 1.32 bits per heavy atom. The van der Waals surface area contributed by atoms with E-state index < -0.39 is 0 Å². The number of benzene rings is 1. The van der Waals surface area contributed by atoms with Gasteiger partial charge in [-0.2, -0.15) is 5.10 Å². The van der Waals surface area contributed by atoms with E-state index in [0.29, 0.717) is 28.4 Å². The van der Waals surface area contributed by atoms with E-state index in [4.69, 9.17) is 9.47 Å². The topological polar surface area (TPSA) is 76.2 Å². The second-order valence-electron chi connectivity index (χ2n) is 3.93. The van der Waals surface area contributed by atoms with E-state index in [1.54, 1.807) is 32.2 Å². The fourth-order valence-corrected chi connectivity index (χ4v) is 1.67. The molecule has 2 rings (SSSR count). The van der Waals surface area contributed by atoms with Crippen LogP contribution in [0.2, 0.25) is 0 Å². The smallest absolute Gasteiger partial charge is 0.259 e. The number of rotatable bonds is 4. The minimum atomic E-state index is -0.241. The third-order valence-electron chi connectivity index (χ3n) is 2.73. The van der Waals surface area contributed by atoms with Crippen molar-refractivity contribution in [2.75, 3.05) is 19.5 Å². The highest BCUT2D eigenvalue weighted by Gasteiger charge is 2.13. The first-order valence-electron chi connectivity index (χ1n) is 5.69. The summed E-state index contributed by atoms with van der Waals surface area (Å²) in [4.78, 5) is 12.1. The number of aromatic nitrogens is 2. The van der Waals surface area contributed by atoms with E-state index in [1.165, 1.54) is 13.3 Å². The van der Waals surface area contributed by atoms with Crippen molar-refractivity contribution in [2.24, 2.45) is 0 Å². The summed E-state index contributed by atoms with van der Waals surface area (Å²) in [5, 5.41) is 9.31. The summed E-state index contributed by atoms with van der Waals surface area (Å²) in [7, 11) is 3.11. The Balaban J connectivity index is 2.24. The Hall–Kier alpha value is -2.50. The molecular weight excluding hydrogens is 246 g/mol. The Bertz CT molecular complexity index is 593. The number of H-pyrrole nitrogens is 1. The van der Waals surface area contributed by atoms with Crippen LogP contribution in [0, 0.1) is 6.92 Å². The molecule has 6 nitrogen and oxygen atoms in total. The summed E-state index contributed by atoms with van der Waals surface area (Å²) in [5.74, 6) is 0.956. The van der Waals surface area contributed by atoms with Crippen molar-refractivity contribution in [3.8, 4) is 11.5 Å². The Morgan fingerprint density at radius 3 is 2.68 bits per heavy atom. The molecule has 0 spiro atoms. The van der Waals surface area contributed by atoms with Gasteiger partial charge in [0.25, 0.3) is 5.91 Å². The van der Waals surface area contributed by atoms with Gasteiger partial charge in [0.15, 0.2) is 0 Å². The molecule has 2 aromatic rings. The van der Waals surface area contributed by atoms with Crippen molar-refractivity contribution in [1.29, 1.82) is 0 Å². The van der Waals surface area contributed by atoms with Gasteiger partial charge in [-0.15, -0.1) is 0 Å². The second kappa shape index (κ2) is 5.43. The van der Waals surface area contributed by atoms with Gasteiger partial charge in [0, 0.05) is 11.8 Å². The van der Waals surface area contributed by atoms with Gasteiger partial charge in [-0.3, -0.25) is 9.89 Å². The van der Waals surface area contributed by atoms with Gasteiger partial charge in [0.05, 0.1) is 31.7 Å². The predicted molar refractivity (Wildman–Crippen MR) is 70.8 cm³/mol. The van der Waals surface area contributed by atoms with Gasteiger partial charge in [-0.1, -0.05) is 0 Å². The van der Waals surface area contributed by atoms with Crippen molar-refractivity contribution in [2.45, 2.75) is 6.92 Å². The van der Waals surface area contributed by atoms with E-state index in [0.717, 1.165) is 0 Å². The SMILES string of the molecule is COc1ccc(NC(=O)c2cn[nH]c2C)c(OC)c1. The van der Waals surface area contributed by atoms with Crippen molar-refractivity contribution >= 4 is 11.6 Å². The number of nitrogens with one attached hydrogen (secondary N) is 2. The number of aryl methyl sites for hydroxylation is 1. The Kier molecular flexibility index (Phi) is 3.70. The summed E-state index contributed by atoms with van der Waals surface area (Å²) < 4.78 is 10.3. The first-order valence-corrected chi connectivity index (χ1v) is 5.69. The largest absolute Gasteiger partial charge is 0.497 e. The van der Waals surface area contributed by atoms with Gasteiger partial charge in [-0.25, -0.2) is 0 Å². The van der Waals surface area contributed by atoms with E-state index in [2.05, 4.69) is 15.5 Å². The first kappa shape index (κ1) is 12.9. The van der Waals surface area contributed by atoms with Gasteiger partial charge in [-0.05, 0) is 19.1 Å². The van der Waals surface area contributed by atoms with Crippen molar-refractivity contribution in [1.82, 2.24) is 10.2 Å². The minimum Gasteiger partial charge on any atom is -0.497 e. The Morgan fingerprint density at radius 2 is 2.11 bits per heavy atom. The quantitative estimate of drug-likeness (QED) is 0.882. The van der Waals surface area contributed by atoms with E-state index in [9.17, 15) is 4.79 Å². The maximum absolute atomic E-state index is 12.1. The summed E-state index contributed by atoms with van der Waals surface area (Å²) in [6.07, 6.45) is 1.49. The van der Waals surface area contributed by atoms with Crippen molar-refractivity contribution < 1.29 is 14.3 Å². The fourth-order valence-electron chi connectivity index (χ4n) is 1.67. The molecule has 1 heterocycles. The van der Waals surface area contributed by atoms with Crippen LogP contribution in [-0.2, 0) is 0 Å². The van der Waals surface area contributed by atoms with Crippen LogP contribution in [0.5, 0.6) is 11.5 Å². The molecule has 0 bridgehead atoms. The number of carbonyl (C=O) groups excluding carboxylic acids is 1. The van der Waals surface area contributed by atoms with Crippen LogP contribution in [0.15, 0.2) is 24.4 Å². The van der Waals surface area contributed by atoms with Gasteiger partial charge >= 0.3 is 0 Å². The summed E-state index contributed by atoms with van der Waals surface area (Å²) in [6, 6.07) is 5.18. The molecule has 0 fully saturated rings. The molecule has 0 saturated heterocycles. The molecule has 0 aliphatic rings. The normalized spacial score (nSPS) is 10.1. The summed E-state index contributed by atoms with van der Waals surface area (Å²) in [6.45, 7) is 1.78. The maximum Gasteiger partial charge on any atom is 0.259 e. The number of ether oxygens (including phenoxy) is 2. The van der Waals surface area contributed by atoms with Crippen molar-refractivity contribution in [3.05, 3.63) is 35.7 Å². The second-order valence-corrected chi connectivity index (χ2v) is 3.93. The predicted octanol–water partition coefficient (Wildman–Crippen LogP) is 1.99. The highest BCUT2D eigenvalue weighted by Crippen LogP contribution is 2.29. The lowest BCUT2D eigenvalue weighted by molar-refractivity contribution is 0.102. The third kappa shape index (κ3) is 2.67. The van der Waals surface area contributed by atoms with Crippen LogP contribution in [0.3, 0.4) is 0 Å². The first-order chi connectivity index (χ1) is 9.15. The lowest BCUT2D eigenvalue weighted by atomic mass is 10.2. The zero-order chi connectivity index (χ0) is 13.8. The molecule has 0 aliphatic heterocycles. The molecular formula is C13H15N3O3. The maximum atomic E-state index is 12.1. The lowest BCUT2D eigenvalue weighted by Crippen LogP contribution is -2.13. The molecule has 2 N–H and O–H groups in total. The van der Waals surface area contributed by atoms with E-state index >= 15 is 0 Å². The van der Waals surface area contributed by atoms with Gasteiger partial charge in [0.1, 0.15) is 11.5 Å². The number of hydrogen-bond acceptors (Lipinski definition) is 4. The third-order valence-corrected chi connectivity index (χ3v) is 2.73. The molecule has 0 radical (unpaired) electrons. The van der Waals surface area contributed by atoms with Crippen LogP contribution >= 0.6 is 0 Å². The fraction of sp³-hybridized carbons (Fsp3) is 0.231. The van der Waals surface area contributed by atoms with Crippen LogP contribution in [0.4, 0.5) is 5.69 Å². The number of carbonyl (C=O) groups is 1. The molecule has 1 aromatic heterocycles. The zero-order valence-electron chi connectivity index (χ0n) is 11.0. The number of hydrogen-bond donors (Lipinski definition) is 2. The summed E-state index contributed by atoms with van der Waals surface area (Å²) >= 11 is 0. The van der Waals surface area contributed by atoms with Crippen LogP contribution in [0.25, 0.3) is 0 Å². The number of aromatic amines is 1. The molecule has 0 unspecified atom stereocenters. The molecule has 6 heteroatoms. The van der Waals surface area contributed by atoms with Crippen LogP contribution in [-0.4, -0.2) is 30.3 Å². The molecule has 1 aromatic carbocycles. The Labute approximate surface area is 110 Å². The van der Waals surface area contributed by atoms with Crippen molar-refractivity contribution in [3.63, 3.8) is 0 Å². The van der Waals surface area contributed by atoms with Crippen LogP contribution in [0.1, 0.15) is 16.1 Å². The number of nitrogens with zero attached hydrogens (tertiary/aromatic N) is 1. The van der Waals surface area contributed by atoms with Gasteiger partial charge < -0.3 is 14.8 Å². The average molecular weight is 261 g/mol. The summed E-state index contributed by atoms with van der Waals surface area (Å²) in [5.41, 5.74) is 1.79. The average Bonchev–Trinajstić information content (AvgIpc) is 2.85. The van der Waals surface area contributed by atoms with E-state index in [-0.39, 0.29) is 5.91 Å². The standard InChI is InChI=1S/C13H15N3O3/c1-8-10(7-14-16-8)13(17)15-11-5-4-9(18-2)6-12(11)19-3/h4-7H,1-3H3,(H,14,16)(H,15,17). The number of anilines is 1.